The minimum atomic E-state index is 0.0225. The second kappa shape index (κ2) is 4.81. The van der Waals surface area contributed by atoms with Crippen molar-refractivity contribution in [2.45, 2.75) is 25.7 Å². The third-order valence-corrected chi connectivity index (χ3v) is 4.78. The SMILES string of the molecule is Cn1c(=O)sc2cc(NC(=O)C3CCCC3)ccc21. The fourth-order valence-electron chi connectivity index (χ4n) is 2.64. The molecule has 0 unspecified atom stereocenters. The van der Waals surface area contributed by atoms with Gasteiger partial charge in [-0.1, -0.05) is 24.2 Å². The molecule has 19 heavy (non-hydrogen) atoms. The largest absolute Gasteiger partial charge is 0.326 e. The Kier molecular flexibility index (Phi) is 3.14. The van der Waals surface area contributed by atoms with E-state index in [1.165, 1.54) is 11.3 Å². The molecule has 2 aromatic rings. The summed E-state index contributed by atoms with van der Waals surface area (Å²) in [6.45, 7) is 0. The Balaban J connectivity index is 1.85. The molecule has 1 fully saturated rings. The van der Waals surface area contributed by atoms with Crippen LogP contribution in [-0.2, 0) is 11.8 Å². The van der Waals surface area contributed by atoms with Gasteiger partial charge in [0.2, 0.25) is 5.91 Å². The molecule has 3 rings (SSSR count). The standard InChI is InChI=1S/C14H16N2O2S/c1-16-11-7-6-10(8-12(11)19-14(16)18)15-13(17)9-4-2-3-5-9/h6-9H,2-5H2,1H3,(H,15,17). The summed E-state index contributed by atoms with van der Waals surface area (Å²) < 4.78 is 2.54. The smallest absolute Gasteiger partial charge is 0.307 e. The van der Waals surface area contributed by atoms with Crippen LogP contribution in [0.1, 0.15) is 25.7 Å². The number of hydrogen-bond acceptors (Lipinski definition) is 3. The number of aromatic nitrogens is 1. The lowest BCUT2D eigenvalue weighted by atomic mass is 10.1. The Labute approximate surface area is 115 Å². The molecule has 1 amide bonds. The summed E-state index contributed by atoms with van der Waals surface area (Å²) in [7, 11) is 1.76. The van der Waals surface area contributed by atoms with E-state index in [4.69, 9.17) is 0 Å². The predicted molar refractivity (Wildman–Crippen MR) is 77.7 cm³/mol. The van der Waals surface area contributed by atoms with Gasteiger partial charge in [0, 0.05) is 18.7 Å². The van der Waals surface area contributed by atoms with Crippen molar-refractivity contribution in [3.05, 3.63) is 27.9 Å². The molecule has 0 atom stereocenters. The number of aryl methyl sites for hydroxylation is 1. The topological polar surface area (TPSA) is 51.1 Å². The molecule has 0 spiro atoms. The molecule has 1 aliphatic carbocycles. The second-order valence-electron chi connectivity index (χ2n) is 5.08. The maximum Gasteiger partial charge on any atom is 0.307 e. The van der Waals surface area contributed by atoms with Gasteiger partial charge < -0.3 is 9.88 Å². The third-order valence-electron chi connectivity index (χ3n) is 3.79. The van der Waals surface area contributed by atoms with Crippen LogP contribution < -0.4 is 10.2 Å². The number of hydrogen-bond donors (Lipinski definition) is 1. The van der Waals surface area contributed by atoms with Crippen molar-refractivity contribution >= 4 is 33.1 Å². The average Bonchev–Trinajstić information content (AvgIpc) is 2.99. The first kappa shape index (κ1) is 12.4. The number of fused-ring (bicyclic) bond motifs is 1. The van der Waals surface area contributed by atoms with Gasteiger partial charge in [-0.05, 0) is 31.0 Å². The zero-order chi connectivity index (χ0) is 13.4. The van der Waals surface area contributed by atoms with Crippen molar-refractivity contribution in [3.8, 4) is 0 Å². The van der Waals surface area contributed by atoms with Crippen LogP contribution in [0.4, 0.5) is 5.69 Å². The highest BCUT2D eigenvalue weighted by molar-refractivity contribution is 7.16. The van der Waals surface area contributed by atoms with Gasteiger partial charge in [-0.2, -0.15) is 0 Å². The van der Waals surface area contributed by atoms with Crippen molar-refractivity contribution < 1.29 is 4.79 Å². The number of amides is 1. The lowest BCUT2D eigenvalue weighted by Gasteiger charge is -2.10. The highest BCUT2D eigenvalue weighted by atomic mass is 32.1. The summed E-state index contributed by atoms with van der Waals surface area (Å²) in [6, 6.07) is 5.63. The summed E-state index contributed by atoms with van der Waals surface area (Å²) in [5.41, 5.74) is 1.69. The fourth-order valence-corrected chi connectivity index (χ4v) is 3.56. The van der Waals surface area contributed by atoms with Gasteiger partial charge in [0.05, 0.1) is 10.2 Å². The van der Waals surface area contributed by atoms with Crippen LogP contribution in [0, 0.1) is 5.92 Å². The minimum absolute atomic E-state index is 0.0225. The lowest BCUT2D eigenvalue weighted by molar-refractivity contribution is -0.119. The Morgan fingerprint density at radius 1 is 1.37 bits per heavy atom. The van der Waals surface area contributed by atoms with Crippen LogP contribution in [0.2, 0.25) is 0 Å². The van der Waals surface area contributed by atoms with Crippen molar-refractivity contribution in [2.75, 3.05) is 5.32 Å². The van der Waals surface area contributed by atoms with Gasteiger partial charge in [0.15, 0.2) is 0 Å². The Morgan fingerprint density at radius 2 is 2.11 bits per heavy atom. The van der Waals surface area contributed by atoms with Gasteiger partial charge in [-0.15, -0.1) is 0 Å². The molecule has 100 valence electrons. The van der Waals surface area contributed by atoms with E-state index in [9.17, 15) is 9.59 Å². The summed E-state index contributed by atoms with van der Waals surface area (Å²) in [4.78, 5) is 23.6. The van der Waals surface area contributed by atoms with Gasteiger partial charge in [0.1, 0.15) is 0 Å². The Bertz CT molecular complexity index is 680. The zero-order valence-corrected chi connectivity index (χ0v) is 11.6. The van der Waals surface area contributed by atoms with E-state index in [0.717, 1.165) is 41.6 Å². The van der Waals surface area contributed by atoms with E-state index >= 15 is 0 Å². The van der Waals surface area contributed by atoms with E-state index < -0.39 is 0 Å². The molecule has 1 aromatic heterocycles. The number of carbonyl (C=O) groups excluding carboxylic acids is 1. The summed E-state index contributed by atoms with van der Waals surface area (Å²) >= 11 is 1.21. The fraction of sp³-hybridized carbons (Fsp3) is 0.429. The van der Waals surface area contributed by atoms with Crippen LogP contribution in [0.15, 0.2) is 23.0 Å². The highest BCUT2D eigenvalue weighted by Gasteiger charge is 2.22. The maximum absolute atomic E-state index is 12.0. The lowest BCUT2D eigenvalue weighted by Crippen LogP contribution is -2.20. The molecule has 1 N–H and O–H groups in total. The molecule has 4 nitrogen and oxygen atoms in total. The first-order valence-electron chi connectivity index (χ1n) is 6.55. The first-order valence-corrected chi connectivity index (χ1v) is 7.37. The van der Waals surface area contributed by atoms with Gasteiger partial charge in [0.25, 0.3) is 0 Å². The monoisotopic (exact) mass is 276 g/mol. The number of rotatable bonds is 2. The molecule has 1 aromatic carbocycles. The maximum atomic E-state index is 12.0. The summed E-state index contributed by atoms with van der Waals surface area (Å²) in [6.07, 6.45) is 4.29. The number of nitrogens with one attached hydrogen (secondary N) is 1. The van der Waals surface area contributed by atoms with E-state index in [-0.39, 0.29) is 16.7 Å². The molecule has 0 radical (unpaired) electrons. The number of nitrogens with zero attached hydrogens (tertiary/aromatic N) is 1. The van der Waals surface area contributed by atoms with Gasteiger partial charge >= 0.3 is 4.87 Å². The molecule has 5 heteroatoms. The molecule has 0 bridgehead atoms. The van der Waals surface area contributed by atoms with E-state index in [1.54, 1.807) is 11.6 Å². The normalized spacial score (nSPS) is 16.1. The molecule has 0 saturated heterocycles. The number of carbonyl (C=O) groups is 1. The van der Waals surface area contributed by atoms with Crippen molar-refractivity contribution in [2.24, 2.45) is 13.0 Å². The van der Waals surface area contributed by atoms with Crippen molar-refractivity contribution in [3.63, 3.8) is 0 Å². The van der Waals surface area contributed by atoms with Crippen LogP contribution >= 0.6 is 11.3 Å². The van der Waals surface area contributed by atoms with Crippen LogP contribution in [0.3, 0.4) is 0 Å². The van der Waals surface area contributed by atoms with Crippen molar-refractivity contribution in [1.29, 1.82) is 0 Å². The van der Waals surface area contributed by atoms with E-state index in [1.807, 2.05) is 18.2 Å². The molecule has 1 saturated carbocycles. The highest BCUT2D eigenvalue weighted by Crippen LogP contribution is 2.27. The number of thiazole rings is 1. The Hall–Kier alpha value is -1.62. The van der Waals surface area contributed by atoms with Crippen LogP contribution in [0.25, 0.3) is 10.2 Å². The van der Waals surface area contributed by atoms with Crippen LogP contribution in [-0.4, -0.2) is 10.5 Å². The zero-order valence-electron chi connectivity index (χ0n) is 10.8. The summed E-state index contributed by atoms with van der Waals surface area (Å²) in [5.74, 6) is 0.269. The van der Waals surface area contributed by atoms with Gasteiger partial charge in [-0.25, -0.2) is 0 Å². The van der Waals surface area contributed by atoms with Crippen molar-refractivity contribution in [1.82, 2.24) is 4.57 Å². The van der Waals surface area contributed by atoms with Gasteiger partial charge in [-0.3, -0.25) is 9.59 Å². The molecular formula is C14H16N2O2S. The third kappa shape index (κ3) is 2.30. The number of benzene rings is 1. The summed E-state index contributed by atoms with van der Waals surface area (Å²) in [5, 5.41) is 2.96. The quantitative estimate of drug-likeness (QED) is 0.917. The molecule has 1 heterocycles. The molecule has 1 aliphatic rings. The average molecular weight is 276 g/mol. The van der Waals surface area contributed by atoms with E-state index in [2.05, 4.69) is 5.32 Å². The Morgan fingerprint density at radius 3 is 2.84 bits per heavy atom. The minimum Gasteiger partial charge on any atom is -0.326 e. The predicted octanol–water partition coefficient (Wildman–Crippen LogP) is 2.73. The molecular weight excluding hydrogens is 260 g/mol. The molecule has 0 aliphatic heterocycles. The van der Waals surface area contributed by atoms with E-state index in [0.29, 0.717) is 0 Å². The first-order chi connectivity index (χ1) is 9.15. The number of anilines is 1. The van der Waals surface area contributed by atoms with Crippen LogP contribution in [0.5, 0.6) is 0 Å². The second-order valence-corrected chi connectivity index (χ2v) is 6.07.